The van der Waals surface area contributed by atoms with Crippen LogP contribution in [0.4, 0.5) is 13.2 Å². The molecule has 0 radical (unpaired) electrons. The Balaban J connectivity index is 2.47. The van der Waals surface area contributed by atoms with Gasteiger partial charge in [-0.2, -0.15) is 13.2 Å². The van der Waals surface area contributed by atoms with Crippen molar-refractivity contribution in [3.63, 3.8) is 0 Å². The molecule has 1 N–H and O–H groups in total. The quantitative estimate of drug-likeness (QED) is 0.768. The number of hydrogen-bond donors (Lipinski definition) is 1. The summed E-state index contributed by atoms with van der Waals surface area (Å²) in [7, 11) is 0. The molecule has 2 rings (SSSR count). The Morgan fingerprint density at radius 2 is 1.50 bits per heavy atom. The Kier molecular flexibility index (Phi) is 4.50. The standard InChI is InChI=1S/C17H12ClF3O/c1-12-2-4-13(5-3-12)10-11-16(22,17(19,20)21)14-6-8-15(18)9-7-14/h2-9,22H,1H3. The molecule has 114 valence electrons. The topological polar surface area (TPSA) is 20.2 Å². The van der Waals surface area contributed by atoms with Gasteiger partial charge < -0.3 is 5.11 Å². The molecule has 1 nitrogen and oxygen atoms in total. The van der Waals surface area contributed by atoms with Crippen molar-refractivity contribution < 1.29 is 18.3 Å². The van der Waals surface area contributed by atoms with Crippen molar-refractivity contribution in [1.29, 1.82) is 0 Å². The third-order valence-electron chi connectivity index (χ3n) is 3.11. The first-order valence-electron chi connectivity index (χ1n) is 6.37. The van der Waals surface area contributed by atoms with Crippen LogP contribution in [0.15, 0.2) is 48.5 Å². The summed E-state index contributed by atoms with van der Waals surface area (Å²) in [6.07, 6.45) is -4.93. The van der Waals surface area contributed by atoms with Crippen LogP contribution in [0.3, 0.4) is 0 Å². The maximum Gasteiger partial charge on any atom is 0.433 e. The molecule has 0 spiro atoms. The summed E-state index contributed by atoms with van der Waals surface area (Å²) in [5.41, 5.74) is -2.26. The van der Waals surface area contributed by atoms with Crippen molar-refractivity contribution in [1.82, 2.24) is 0 Å². The van der Waals surface area contributed by atoms with Crippen molar-refractivity contribution in [3.8, 4) is 11.8 Å². The van der Waals surface area contributed by atoms with Crippen LogP contribution in [0.1, 0.15) is 16.7 Å². The lowest BCUT2D eigenvalue weighted by Gasteiger charge is -2.25. The van der Waals surface area contributed by atoms with Crippen LogP contribution in [-0.2, 0) is 5.60 Å². The van der Waals surface area contributed by atoms with Crippen molar-refractivity contribution in [2.45, 2.75) is 18.7 Å². The Bertz CT molecular complexity index is 709. The highest BCUT2D eigenvalue weighted by molar-refractivity contribution is 6.30. The van der Waals surface area contributed by atoms with E-state index in [4.69, 9.17) is 11.6 Å². The number of aliphatic hydroxyl groups is 1. The average molecular weight is 325 g/mol. The smallest absolute Gasteiger partial charge is 0.366 e. The average Bonchev–Trinajstić information content (AvgIpc) is 2.46. The van der Waals surface area contributed by atoms with E-state index in [9.17, 15) is 18.3 Å². The monoisotopic (exact) mass is 324 g/mol. The fourth-order valence-electron chi connectivity index (χ4n) is 1.80. The molecule has 1 unspecified atom stereocenters. The third-order valence-corrected chi connectivity index (χ3v) is 3.36. The highest BCUT2D eigenvalue weighted by atomic mass is 35.5. The number of rotatable bonds is 1. The van der Waals surface area contributed by atoms with E-state index in [0.29, 0.717) is 5.56 Å². The van der Waals surface area contributed by atoms with Gasteiger partial charge in [0.15, 0.2) is 0 Å². The molecule has 0 saturated heterocycles. The molecule has 2 aromatic rings. The maximum atomic E-state index is 13.3. The first-order valence-corrected chi connectivity index (χ1v) is 6.75. The van der Waals surface area contributed by atoms with Gasteiger partial charge in [-0.05, 0) is 37.1 Å². The molecular formula is C17H12ClF3O. The van der Waals surface area contributed by atoms with Crippen LogP contribution in [0.25, 0.3) is 0 Å². The first-order chi connectivity index (χ1) is 10.2. The van der Waals surface area contributed by atoms with Gasteiger partial charge in [0, 0.05) is 16.1 Å². The van der Waals surface area contributed by atoms with Crippen LogP contribution in [-0.4, -0.2) is 11.3 Å². The molecule has 0 aliphatic heterocycles. The fourth-order valence-corrected chi connectivity index (χ4v) is 1.92. The minimum atomic E-state index is -4.93. The predicted octanol–water partition coefficient (Wildman–Crippen LogP) is 4.45. The zero-order chi connectivity index (χ0) is 16.4. The van der Waals surface area contributed by atoms with E-state index in [1.54, 1.807) is 24.3 Å². The largest absolute Gasteiger partial charge is 0.433 e. The molecule has 0 aromatic heterocycles. The Morgan fingerprint density at radius 1 is 0.955 bits per heavy atom. The molecule has 0 aliphatic carbocycles. The second-order valence-corrected chi connectivity index (χ2v) is 5.27. The van der Waals surface area contributed by atoms with Crippen LogP contribution < -0.4 is 0 Å². The summed E-state index contributed by atoms with van der Waals surface area (Å²) in [5, 5.41) is 10.4. The number of halogens is 4. The lowest BCUT2D eigenvalue weighted by atomic mass is 9.93. The molecule has 0 saturated carbocycles. The summed E-state index contributed by atoms with van der Waals surface area (Å²) in [6.45, 7) is 1.86. The Morgan fingerprint density at radius 3 is 2.00 bits per heavy atom. The van der Waals surface area contributed by atoms with E-state index in [2.05, 4.69) is 5.92 Å². The zero-order valence-corrected chi connectivity index (χ0v) is 12.3. The highest BCUT2D eigenvalue weighted by Crippen LogP contribution is 2.38. The molecule has 5 heteroatoms. The molecule has 0 heterocycles. The minimum Gasteiger partial charge on any atom is -0.366 e. The minimum absolute atomic E-state index is 0.278. The second-order valence-electron chi connectivity index (χ2n) is 4.83. The summed E-state index contributed by atoms with van der Waals surface area (Å²) >= 11 is 5.66. The van der Waals surface area contributed by atoms with Crippen molar-refractivity contribution in [2.24, 2.45) is 0 Å². The highest BCUT2D eigenvalue weighted by Gasteiger charge is 2.54. The van der Waals surface area contributed by atoms with E-state index < -0.39 is 11.8 Å². The second kappa shape index (κ2) is 6.04. The summed E-state index contributed by atoms with van der Waals surface area (Å²) < 4.78 is 39.8. The summed E-state index contributed by atoms with van der Waals surface area (Å²) in [4.78, 5) is 0. The van der Waals surface area contributed by atoms with Gasteiger partial charge in [-0.15, -0.1) is 0 Å². The molecular weight excluding hydrogens is 313 g/mol. The normalized spacial score (nSPS) is 13.9. The predicted molar refractivity (Wildman–Crippen MR) is 79.5 cm³/mol. The lowest BCUT2D eigenvalue weighted by molar-refractivity contribution is -0.240. The van der Waals surface area contributed by atoms with E-state index >= 15 is 0 Å². The molecule has 0 bridgehead atoms. The van der Waals surface area contributed by atoms with Crippen LogP contribution in [0.5, 0.6) is 0 Å². The van der Waals surface area contributed by atoms with Crippen molar-refractivity contribution in [2.75, 3.05) is 0 Å². The Hall–Kier alpha value is -1.96. The van der Waals surface area contributed by atoms with Crippen LogP contribution >= 0.6 is 11.6 Å². The zero-order valence-electron chi connectivity index (χ0n) is 11.6. The number of alkyl halides is 3. The van der Waals surface area contributed by atoms with Crippen molar-refractivity contribution >= 4 is 11.6 Å². The maximum absolute atomic E-state index is 13.3. The van der Waals surface area contributed by atoms with Crippen LogP contribution in [0.2, 0.25) is 5.02 Å². The number of benzene rings is 2. The first kappa shape index (κ1) is 16.4. The summed E-state index contributed by atoms with van der Waals surface area (Å²) in [6, 6.07) is 11.4. The molecule has 0 amide bonds. The van der Waals surface area contributed by atoms with Gasteiger partial charge in [0.25, 0.3) is 0 Å². The Labute approximate surface area is 131 Å². The van der Waals surface area contributed by atoms with Gasteiger partial charge in [0.05, 0.1) is 0 Å². The molecule has 2 aromatic carbocycles. The lowest BCUT2D eigenvalue weighted by Crippen LogP contribution is -2.41. The van der Waals surface area contributed by atoms with Gasteiger partial charge in [0.2, 0.25) is 5.60 Å². The van der Waals surface area contributed by atoms with Gasteiger partial charge >= 0.3 is 6.18 Å². The van der Waals surface area contributed by atoms with Gasteiger partial charge in [-0.25, -0.2) is 0 Å². The van der Waals surface area contributed by atoms with Crippen molar-refractivity contribution in [3.05, 3.63) is 70.2 Å². The van der Waals surface area contributed by atoms with Gasteiger partial charge in [-0.3, -0.25) is 0 Å². The van der Waals surface area contributed by atoms with E-state index in [1.165, 1.54) is 12.1 Å². The SMILES string of the molecule is Cc1ccc(C#CC(O)(c2ccc(Cl)cc2)C(F)(F)F)cc1. The third kappa shape index (κ3) is 3.44. The van der Waals surface area contributed by atoms with E-state index in [0.717, 1.165) is 17.7 Å². The molecule has 0 fully saturated rings. The summed E-state index contributed by atoms with van der Waals surface area (Å²) in [5.74, 6) is 4.32. The number of hydrogen-bond acceptors (Lipinski definition) is 1. The van der Waals surface area contributed by atoms with Gasteiger partial charge in [-0.1, -0.05) is 47.4 Å². The van der Waals surface area contributed by atoms with Crippen LogP contribution in [0, 0.1) is 18.8 Å². The molecule has 0 aliphatic rings. The fraction of sp³-hybridized carbons (Fsp3) is 0.176. The molecule has 1 atom stereocenters. The molecule has 22 heavy (non-hydrogen) atoms. The van der Waals surface area contributed by atoms with Gasteiger partial charge in [0.1, 0.15) is 0 Å². The van der Waals surface area contributed by atoms with E-state index in [-0.39, 0.29) is 10.6 Å². The van der Waals surface area contributed by atoms with E-state index in [1.807, 2.05) is 12.8 Å². The number of aryl methyl sites for hydroxylation is 1.